The number of likely N-dealkylation sites (N-methyl/N-ethyl adjacent to an activating group) is 1. The summed E-state index contributed by atoms with van der Waals surface area (Å²) in [7, 11) is 2.38. The quantitative estimate of drug-likeness (QED) is 0.593. The van der Waals surface area contributed by atoms with Crippen LogP contribution in [0.5, 0.6) is 0 Å². The summed E-state index contributed by atoms with van der Waals surface area (Å²) in [4.78, 5) is 2.60. The first-order valence-corrected chi connectivity index (χ1v) is 6.25. The second-order valence-corrected chi connectivity index (χ2v) is 5.10. The number of piperazine rings is 2. The summed E-state index contributed by atoms with van der Waals surface area (Å²) in [5, 5.41) is 7.07. The molecule has 4 nitrogen and oxygen atoms in total. The lowest BCUT2D eigenvalue weighted by atomic mass is 10.2. The van der Waals surface area contributed by atoms with Crippen molar-refractivity contribution in [3.8, 4) is 0 Å². The van der Waals surface area contributed by atoms with Gasteiger partial charge in [0.2, 0.25) is 0 Å². The van der Waals surface area contributed by atoms with Crippen LogP contribution < -0.4 is 10.6 Å². The fourth-order valence-electron chi connectivity index (χ4n) is 2.60. The Bertz CT molecular complexity index is 203. The zero-order valence-electron chi connectivity index (χ0n) is 10.1. The van der Waals surface area contributed by atoms with E-state index < -0.39 is 0 Å². The summed E-state index contributed by atoms with van der Waals surface area (Å²) in [6.07, 6.45) is 0.603. The van der Waals surface area contributed by atoms with E-state index in [1.54, 1.807) is 0 Å². The molecule has 4 heteroatoms. The van der Waals surface area contributed by atoms with Gasteiger partial charge < -0.3 is 9.80 Å². The summed E-state index contributed by atoms with van der Waals surface area (Å²) in [6.45, 7) is 11.9. The fraction of sp³-hybridized carbons (Fsp3) is 1.00. The van der Waals surface area contributed by atoms with Crippen molar-refractivity contribution in [2.75, 3.05) is 59.4 Å². The zero-order chi connectivity index (χ0) is 10.7. The monoisotopic (exact) mass is 213 g/mol. The molecule has 2 rings (SSSR count). The maximum Gasteiger partial charge on any atom is 0.111 e. The van der Waals surface area contributed by atoms with Gasteiger partial charge in [-0.05, 0) is 6.92 Å². The molecular formula is C11H25N4+. The first-order chi connectivity index (χ1) is 7.23. The number of hydrogen-bond donors (Lipinski definition) is 2. The van der Waals surface area contributed by atoms with Gasteiger partial charge in [-0.2, -0.15) is 0 Å². The summed E-state index contributed by atoms with van der Waals surface area (Å²) in [5.41, 5.74) is 0. The van der Waals surface area contributed by atoms with Crippen molar-refractivity contribution in [1.82, 2.24) is 15.5 Å². The number of nitrogens with zero attached hydrogens (tertiary/aromatic N) is 2. The van der Waals surface area contributed by atoms with E-state index in [2.05, 4.69) is 29.5 Å². The van der Waals surface area contributed by atoms with Crippen molar-refractivity contribution < 1.29 is 4.48 Å². The minimum Gasteiger partial charge on any atom is -0.323 e. The number of rotatable bonds is 2. The summed E-state index contributed by atoms with van der Waals surface area (Å²) < 4.78 is 1.22. The first kappa shape index (κ1) is 11.3. The second-order valence-electron chi connectivity index (χ2n) is 5.10. The molecule has 2 atom stereocenters. The van der Waals surface area contributed by atoms with Crippen LogP contribution in [0.1, 0.15) is 6.92 Å². The van der Waals surface area contributed by atoms with Gasteiger partial charge in [-0.3, -0.25) is 10.2 Å². The van der Waals surface area contributed by atoms with Crippen molar-refractivity contribution in [2.24, 2.45) is 0 Å². The van der Waals surface area contributed by atoms with Crippen molar-refractivity contribution in [3.63, 3.8) is 0 Å². The second kappa shape index (κ2) is 4.78. The van der Waals surface area contributed by atoms with Crippen LogP contribution in [0.2, 0.25) is 0 Å². The maximum atomic E-state index is 3.66. The Morgan fingerprint density at radius 1 is 1.27 bits per heavy atom. The topological polar surface area (TPSA) is 27.3 Å². The lowest BCUT2D eigenvalue weighted by Gasteiger charge is -2.45. The molecule has 88 valence electrons. The molecule has 0 aromatic heterocycles. The molecule has 15 heavy (non-hydrogen) atoms. The predicted molar refractivity (Wildman–Crippen MR) is 62.7 cm³/mol. The summed E-state index contributed by atoms with van der Waals surface area (Å²) in [5.74, 6) is 0. The van der Waals surface area contributed by atoms with Gasteiger partial charge in [0.1, 0.15) is 12.7 Å². The molecule has 0 spiro atoms. The Labute approximate surface area is 93.2 Å². The molecule has 0 aromatic rings. The zero-order valence-corrected chi connectivity index (χ0v) is 10.1. The SMILES string of the molecule is CC[N+]1(C)CCNC(N2CCNCC2)C1. The third-order valence-electron chi connectivity index (χ3n) is 4.00. The number of hydrogen-bond acceptors (Lipinski definition) is 3. The fourth-order valence-corrected chi connectivity index (χ4v) is 2.60. The highest BCUT2D eigenvalue weighted by molar-refractivity contribution is 4.77. The predicted octanol–water partition coefficient (Wildman–Crippen LogP) is -0.713. The van der Waals surface area contributed by atoms with Gasteiger partial charge >= 0.3 is 0 Å². The van der Waals surface area contributed by atoms with Gasteiger partial charge in [0.15, 0.2) is 0 Å². The maximum absolute atomic E-state index is 3.66. The minimum absolute atomic E-state index is 0.603. The standard InChI is InChI=1S/C11H25N4/c1-3-15(2)9-6-13-11(10-15)14-7-4-12-5-8-14/h11-13H,3-10H2,1-2H3/q+1. The molecule has 0 saturated carbocycles. The van der Waals surface area contributed by atoms with Gasteiger partial charge in [-0.1, -0.05) is 0 Å². The lowest BCUT2D eigenvalue weighted by molar-refractivity contribution is -0.913. The van der Waals surface area contributed by atoms with E-state index in [1.807, 2.05) is 0 Å². The van der Waals surface area contributed by atoms with Gasteiger partial charge in [0, 0.05) is 32.7 Å². The molecule has 2 N–H and O–H groups in total. The minimum atomic E-state index is 0.603. The highest BCUT2D eigenvalue weighted by Crippen LogP contribution is 2.11. The van der Waals surface area contributed by atoms with Gasteiger partial charge in [0.05, 0.1) is 20.1 Å². The van der Waals surface area contributed by atoms with Crippen molar-refractivity contribution in [2.45, 2.75) is 13.1 Å². The molecule has 0 aromatic carbocycles. The van der Waals surface area contributed by atoms with Crippen molar-refractivity contribution in [3.05, 3.63) is 0 Å². The van der Waals surface area contributed by atoms with Crippen molar-refractivity contribution in [1.29, 1.82) is 0 Å². The Balaban J connectivity index is 1.91. The van der Waals surface area contributed by atoms with Crippen LogP contribution in [0.4, 0.5) is 0 Å². The van der Waals surface area contributed by atoms with E-state index in [4.69, 9.17) is 0 Å². The summed E-state index contributed by atoms with van der Waals surface area (Å²) in [6, 6.07) is 0. The van der Waals surface area contributed by atoms with Crippen LogP contribution in [-0.4, -0.2) is 75.0 Å². The normalized spacial score (nSPS) is 39.2. The van der Waals surface area contributed by atoms with Crippen LogP contribution in [0.15, 0.2) is 0 Å². The Morgan fingerprint density at radius 3 is 2.67 bits per heavy atom. The van der Waals surface area contributed by atoms with E-state index in [0.29, 0.717) is 6.17 Å². The van der Waals surface area contributed by atoms with E-state index >= 15 is 0 Å². The van der Waals surface area contributed by atoms with E-state index in [9.17, 15) is 0 Å². The Hall–Kier alpha value is -0.160. The Morgan fingerprint density at radius 2 is 2.00 bits per heavy atom. The highest BCUT2D eigenvalue weighted by atomic mass is 15.4. The molecule has 2 heterocycles. The van der Waals surface area contributed by atoms with Crippen LogP contribution in [0.3, 0.4) is 0 Å². The molecular weight excluding hydrogens is 188 g/mol. The third kappa shape index (κ3) is 2.69. The van der Waals surface area contributed by atoms with Crippen molar-refractivity contribution >= 4 is 0 Å². The number of quaternary nitrogens is 1. The Kier molecular flexibility index (Phi) is 3.61. The van der Waals surface area contributed by atoms with Crippen LogP contribution >= 0.6 is 0 Å². The van der Waals surface area contributed by atoms with Gasteiger partial charge in [-0.25, -0.2) is 0 Å². The molecule has 0 aliphatic carbocycles. The average Bonchev–Trinajstić information content (AvgIpc) is 2.30. The third-order valence-corrected chi connectivity index (χ3v) is 4.00. The smallest absolute Gasteiger partial charge is 0.111 e. The molecule has 2 unspecified atom stereocenters. The number of nitrogens with one attached hydrogen (secondary N) is 2. The van der Waals surface area contributed by atoms with Gasteiger partial charge in [-0.15, -0.1) is 0 Å². The first-order valence-electron chi connectivity index (χ1n) is 6.25. The lowest BCUT2D eigenvalue weighted by Crippen LogP contribution is -2.66. The molecule has 0 amide bonds. The molecule has 2 fully saturated rings. The highest BCUT2D eigenvalue weighted by Gasteiger charge is 2.33. The molecule has 0 radical (unpaired) electrons. The van der Waals surface area contributed by atoms with E-state index in [1.165, 1.54) is 43.8 Å². The molecule has 0 bridgehead atoms. The van der Waals surface area contributed by atoms with Crippen LogP contribution in [0.25, 0.3) is 0 Å². The average molecular weight is 213 g/mol. The van der Waals surface area contributed by atoms with Crippen LogP contribution in [-0.2, 0) is 0 Å². The molecule has 2 aliphatic heterocycles. The largest absolute Gasteiger partial charge is 0.323 e. The van der Waals surface area contributed by atoms with E-state index in [0.717, 1.165) is 13.1 Å². The molecule has 2 saturated heterocycles. The van der Waals surface area contributed by atoms with Gasteiger partial charge in [0.25, 0.3) is 0 Å². The summed E-state index contributed by atoms with van der Waals surface area (Å²) >= 11 is 0. The van der Waals surface area contributed by atoms with E-state index in [-0.39, 0.29) is 0 Å². The van der Waals surface area contributed by atoms with Crippen LogP contribution in [0, 0.1) is 0 Å². The molecule has 2 aliphatic rings.